The molecule has 1 N–H and O–H groups in total. The first kappa shape index (κ1) is 21.6. The number of nitrogens with zero attached hydrogens (tertiary/aromatic N) is 3. The minimum Gasteiger partial charge on any atom is -0.465 e. The average molecular weight is 438 g/mol. The van der Waals surface area contributed by atoms with E-state index < -0.39 is 5.97 Å². The molecule has 166 valence electrons. The second-order valence-electron chi connectivity index (χ2n) is 7.63. The van der Waals surface area contributed by atoms with E-state index in [9.17, 15) is 14.0 Å². The number of halogens is 1. The summed E-state index contributed by atoms with van der Waals surface area (Å²) in [5.74, 6) is -0.0533. The second kappa shape index (κ2) is 9.69. The van der Waals surface area contributed by atoms with Crippen LogP contribution in [0.25, 0.3) is 11.4 Å². The number of esters is 1. The fourth-order valence-corrected chi connectivity index (χ4v) is 3.67. The topological polar surface area (TPSA) is 97.6 Å². The summed E-state index contributed by atoms with van der Waals surface area (Å²) in [5, 5.41) is 6.85. The number of likely N-dealkylation sites (tertiary alicyclic amines) is 1. The van der Waals surface area contributed by atoms with Gasteiger partial charge >= 0.3 is 5.97 Å². The molecule has 1 fully saturated rings. The van der Waals surface area contributed by atoms with Crippen LogP contribution < -0.4 is 5.32 Å². The third-order valence-corrected chi connectivity index (χ3v) is 5.44. The lowest BCUT2D eigenvalue weighted by atomic mass is 9.95. The molecule has 1 aliphatic heterocycles. The third-order valence-electron chi connectivity index (χ3n) is 5.44. The molecule has 0 unspecified atom stereocenters. The fraction of sp³-hybridized carbons (Fsp3) is 0.304. The van der Waals surface area contributed by atoms with Crippen molar-refractivity contribution in [3.63, 3.8) is 0 Å². The van der Waals surface area contributed by atoms with Gasteiger partial charge in [0.25, 0.3) is 0 Å². The predicted molar refractivity (Wildman–Crippen MR) is 114 cm³/mol. The van der Waals surface area contributed by atoms with Crippen LogP contribution in [0.5, 0.6) is 0 Å². The molecule has 1 amide bonds. The van der Waals surface area contributed by atoms with Gasteiger partial charge in [0.15, 0.2) is 0 Å². The zero-order chi connectivity index (χ0) is 22.5. The van der Waals surface area contributed by atoms with E-state index in [0.717, 1.165) is 0 Å². The predicted octanol–water partition coefficient (Wildman–Crippen LogP) is 3.51. The Bertz CT molecular complexity index is 1090. The van der Waals surface area contributed by atoms with Crippen LogP contribution in [-0.2, 0) is 16.1 Å². The van der Waals surface area contributed by atoms with Crippen LogP contribution in [0.1, 0.15) is 29.1 Å². The Kier molecular flexibility index (Phi) is 6.55. The summed E-state index contributed by atoms with van der Waals surface area (Å²) in [4.78, 5) is 30.9. The van der Waals surface area contributed by atoms with Crippen molar-refractivity contribution in [3.05, 3.63) is 65.8 Å². The first-order valence-corrected chi connectivity index (χ1v) is 10.3. The third kappa shape index (κ3) is 5.17. The van der Waals surface area contributed by atoms with Gasteiger partial charge in [-0.05, 0) is 68.4 Å². The Balaban J connectivity index is 1.28. The highest BCUT2D eigenvalue weighted by Gasteiger charge is 2.26. The van der Waals surface area contributed by atoms with Crippen molar-refractivity contribution in [1.82, 2.24) is 15.0 Å². The Morgan fingerprint density at radius 3 is 2.66 bits per heavy atom. The zero-order valence-electron chi connectivity index (χ0n) is 17.6. The van der Waals surface area contributed by atoms with Gasteiger partial charge < -0.3 is 14.6 Å². The lowest BCUT2D eigenvalue weighted by Gasteiger charge is -2.30. The van der Waals surface area contributed by atoms with Crippen molar-refractivity contribution in [3.8, 4) is 11.4 Å². The number of carbonyl (C=O) groups is 2. The Labute approximate surface area is 184 Å². The minimum absolute atomic E-state index is 0.0666. The van der Waals surface area contributed by atoms with Crippen molar-refractivity contribution in [2.75, 3.05) is 25.5 Å². The van der Waals surface area contributed by atoms with Crippen molar-refractivity contribution >= 4 is 17.6 Å². The second-order valence-corrected chi connectivity index (χ2v) is 7.63. The molecule has 0 aliphatic carbocycles. The van der Waals surface area contributed by atoms with Crippen LogP contribution in [0.15, 0.2) is 53.1 Å². The van der Waals surface area contributed by atoms with Gasteiger partial charge in [0.2, 0.25) is 17.6 Å². The number of nitrogens with one attached hydrogen (secondary N) is 1. The van der Waals surface area contributed by atoms with E-state index in [1.54, 1.807) is 36.4 Å². The van der Waals surface area contributed by atoms with Crippen molar-refractivity contribution in [2.45, 2.75) is 19.4 Å². The fourth-order valence-electron chi connectivity index (χ4n) is 3.67. The van der Waals surface area contributed by atoms with Gasteiger partial charge in [-0.1, -0.05) is 11.2 Å². The van der Waals surface area contributed by atoms with E-state index in [1.807, 2.05) is 0 Å². The molecule has 1 aromatic heterocycles. The number of ether oxygens (including phenoxy) is 1. The summed E-state index contributed by atoms with van der Waals surface area (Å²) in [6.07, 6.45) is 1.39. The van der Waals surface area contributed by atoms with Crippen molar-refractivity contribution in [2.24, 2.45) is 5.92 Å². The van der Waals surface area contributed by atoms with Crippen molar-refractivity contribution in [1.29, 1.82) is 0 Å². The molecule has 3 aromatic rings. The van der Waals surface area contributed by atoms with Crippen molar-refractivity contribution < 1.29 is 23.2 Å². The molecule has 0 spiro atoms. The number of benzene rings is 2. The van der Waals surface area contributed by atoms with Gasteiger partial charge in [-0.3, -0.25) is 9.69 Å². The molecule has 1 aliphatic rings. The molecule has 9 heteroatoms. The summed E-state index contributed by atoms with van der Waals surface area (Å²) in [7, 11) is 1.32. The molecular weight excluding hydrogens is 415 g/mol. The van der Waals surface area contributed by atoms with Crippen LogP contribution in [0.4, 0.5) is 10.1 Å². The Morgan fingerprint density at radius 1 is 1.19 bits per heavy atom. The molecule has 0 radical (unpaired) electrons. The lowest BCUT2D eigenvalue weighted by molar-refractivity contribution is -0.121. The lowest BCUT2D eigenvalue weighted by Crippen LogP contribution is -2.37. The molecule has 1 saturated heterocycles. The monoisotopic (exact) mass is 438 g/mol. The maximum atomic E-state index is 13.1. The molecule has 4 rings (SSSR count). The number of amides is 1. The van der Waals surface area contributed by atoms with Gasteiger partial charge in [0.1, 0.15) is 5.82 Å². The number of methoxy groups -OCH3 is 1. The quantitative estimate of drug-likeness (QED) is 0.588. The Hall–Kier alpha value is -3.59. The molecule has 0 bridgehead atoms. The first-order valence-electron chi connectivity index (χ1n) is 10.3. The van der Waals surface area contributed by atoms with Crippen LogP contribution in [-0.4, -0.2) is 47.1 Å². The number of hydrogen-bond donors (Lipinski definition) is 1. The van der Waals surface area contributed by atoms with Gasteiger partial charge in [-0.15, -0.1) is 0 Å². The smallest absolute Gasteiger partial charge is 0.337 e. The maximum Gasteiger partial charge on any atom is 0.337 e. The number of hydrogen-bond acceptors (Lipinski definition) is 7. The van der Waals surface area contributed by atoms with E-state index in [4.69, 9.17) is 9.26 Å². The number of rotatable bonds is 6. The summed E-state index contributed by atoms with van der Waals surface area (Å²) in [6.45, 7) is 1.92. The molecule has 32 heavy (non-hydrogen) atoms. The molecule has 0 saturated carbocycles. The van der Waals surface area contributed by atoms with Crippen LogP contribution in [0.2, 0.25) is 0 Å². The maximum absolute atomic E-state index is 13.1. The summed E-state index contributed by atoms with van der Waals surface area (Å²) < 4.78 is 23.1. The Morgan fingerprint density at radius 2 is 1.94 bits per heavy atom. The highest BCUT2D eigenvalue weighted by Crippen LogP contribution is 2.22. The number of anilines is 1. The first-order chi connectivity index (χ1) is 15.5. The number of aromatic nitrogens is 2. The normalized spacial score (nSPS) is 14.8. The SMILES string of the molecule is COC(=O)c1cccc(NC(=O)C2CCN(Cc3nc(-c4ccc(F)cc4)no3)CC2)c1. The largest absolute Gasteiger partial charge is 0.465 e. The summed E-state index contributed by atoms with van der Waals surface area (Å²) in [6, 6.07) is 12.6. The van der Waals surface area contributed by atoms with Crippen LogP contribution in [0.3, 0.4) is 0 Å². The number of piperidine rings is 1. The van der Waals surface area contributed by atoms with Gasteiger partial charge in [0.05, 0.1) is 19.2 Å². The van der Waals surface area contributed by atoms with Gasteiger partial charge in [0, 0.05) is 17.2 Å². The average Bonchev–Trinajstić information content (AvgIpc) is 3.28. The molecular formula is C23H23FN4O4. The van der Waals surface area contributed by atoms with E-state index in [0.29, 0.717) is 61.0 Å². The van der Waals surface area contributed by atoms with E-state index in [2.05, 4.69) is 20.4 Å². The van der Waals surface area contributed by atoms with Gasteiger partial charge in [-0.25, -0.2) is 9.18 Å². The van der Waals surface area contributed by atoms with E-state index in [1.165, 1.54) is 19.2 Å². The van der Waals surface area contributed by atoms with Crippen LogP contribution in [0, 0.1) is 11.7 Å². The summed E-state index contributed by atoms with van der Waals surface area (Å²) in [5.41, 5.74) is 1.65. The standard InChI is InChI=1S/C23H23FN4O4/c1-31-23(30)17-3-2-4-19(13-17)25-22(29)16-9-11-28(12-10-16)14-20-26-21(27-32-20)15-5-7-18(24)8-6-15/h2-8,13,16H,9-12,14H2,1H3,(H,25,29). The van der Waals surface area contributed by atoms with E-state index in [-0.39, 0.29) is 17.6 Å². The van der Waals surface area contributed by atoms with Gasteiger partial charge in [-0.2, -0.15) is 4.98 Å². The molecule has 0 atom stereocenters. The molecule has 2 aromatic carbocycles. The van der Waals surface area contributed by atoms with E-state index >= 15 is 0 Å². The van der Waals surface area contributed by atoms with Crippen LogP contribution >= 0.6 is 0 Å². The molecule has 2 heterocycles. The zero-order valence-corrected chi connectivity index (χ0v) is 17.6. The minimum atomic E-state index is -0.446. The summed E-state index contributed by atoms with van der Waals surface area (Å²) >= 11 is 0. The molecule has 8 nitrogen and oxygen atoms in total. The highest BCUT2D eigenvalue weighted by atomic mass is 19.1. The number of carbonyl (C=O) groups excluding carboxylic acids is 2. The highest BCUT2D eigenvalue weighted by molar-refractivity contribution is 5.95.